The van der Waals surface area contributed by atoms with E-state index >= 15 is 0 Å². The van der Waals surface area contributed by atoms with Crippen LogP contribution in [0.4, 0.5) is 0 Å². The number of aliphatic hydroxyl groups excluding tert-OH is 1. The lowest BCUT2D eigenvalue weighted by Crippen LogP contribution is -2.45. The first-order chi connectivity index (χ1) is 8.78. The van der Waals surface area contributed by atoms with Gasteiger partial charge in [0.25, 0.3) is 0 Å². The molecule has 2 aliphatic carbocycles. The highest BCUT2D eigenvalue weighted by Gasteiger charge is 2.40. The molecule has 2 aliphatic rings. The van der Waals surface area contributed by atoms with Gasteiger partial charge in [-0.15, -0.1) is 0 Å². The molecule has 0 saturated heterocycles. The minimum absolute atomic E-state index is 0.0471. The van der Waals surface area contributed by atoms with Crippen LogP contribution in [0, 0.1) is 11.3 Å². The Morgan fingerprint density at radius 3 is 1.89 bits per heavy atom. The van der Waals surface area contributed by atoms with Crippen LogP contribution in [0.25, 0.3) is 0 Å². The van der Waals surface area contributed by atoms with E-state index in [2.05, 4.69) is 0 Å². The molecule has 0 heterocycles. The van der Waals surface area contributed by atoms with Crippen LogP contribution in [0.15, 0.2) is 0 Å². The summed E-state index contributed by atoms with van der Waals surface area (Å²) in [6, 6.07) is 0. The minimum Gasteiger partial charge on any atom is -0.392 e. The molecular weight excluding hydrogens is 222 g/mol. The van der Waals surface area contributed by atoms with Crippen molar-refractivity contribution in [3.63, 3.8) is 0 Å². The van der Waals surface area contributed by atoms with Crippen LogP contribution in [0.3, 0.4) is 0 Å². The average Bonchev–Trinajstić information content (AvgIpc) is 2.81. The van der Waals surface area contributed by atoms with E-state index in [-0.39, 0.29) is 11.5 Å². The zero-order valence-electron chi connectivity index (χ0n) is 11.9. The van der Waals surface area contributed by atoms with Crippen molar-refractivity contribution in [2.24, 2.45) is 17.1 Å². The highest BCUT2D eigenvalue weighted by Crippen LogP contribution is 2.42. The van der Waals surface area contributed by atoms with Crippen LogP contribution in [0.1, 0.15) is 77.0 Å². The van der Waals surface area contributed by atoms with E-state index in [0.29, 0.717) is 12.5 Å². The Hall–Kier alpha value is -0.0800. The van der Waals surface area contributed by atoms with E-state index in [9.17, 15) is 5.11 Å². The standard InChI is InChI=1S/C16H31NO/c17-13-16(11-7-3-4-8-12-16)15(18)14-9-5-1-2-6-10-14/h14-15,18H,1-13,17H2. The molecule has 0 spiro atoms. The molecular formula is C16H31NO. The van der Waals surface area contributed by atoms with E-state index in [4.69, 9.17) is 5.73 Å². The smallest absolute Gasteiger partial charge is 0.0636 e. The third-order valence-corrected chi connectivity index (χ3v) is 5.48. The Morgan fingerprint density at radius 1 is 0.889 bits per heavy atom. The van der Waals surface area contributed by atoms with Gasteiger partial charge in [0.2, 0.25) is 0 Å². The summed E-state index contributed by atoms with van der Waals surface area (Å²) in [7, 11) is 0. The van der Waals surface area contributed by atoms with Crippen LogP contribution in [0.5, 0.6) is 0 Å². The van der Waals surface area contributed by atoms with Crippen LogP contribution >= 0.6 is 0 Å². The van der Waals surface area contributed by atoms with Gasteiger partial charge in [0.15, 0.2) is 0 Å². The van der Waals surface area contributed by atoms with Crippen molar-refractivity contribution >= 4 is 0 Å². The Bertz CT molecular complexity index is 225. The normalized spacial score (nSPS) is 28.3. The fourth-order valence-electron chi connectivity index (χ4n) is 4.18. The molecule has 2 saturated carbocycles. The topological polar surface area (TPSA) is 46.2 Å². The second kappa shape index (κ2) is 6.91. The fraction of sp³-hybridized carbons (Fsp3) is 1.00. The van der Waals surface area contributed by atoms with Crippen LogP contribution in [-0.4, -0.2) is 17.8 Å². The van der Waals surface area contributed by atoms with Crippen molar-refractivity contribution in [2.45, 2.75) is 83.2 Å². The van der Waals surface area contributed by atoms with Gasteiger partial charge in [0.1, 0.15) is 0 Å². The summed E-state index contributed by atoms with van der Waals surface area (Å²) in [6.07, 6.45) is 15.1. The zero-order chi connectivity index (χ0) is 12.8. The summed E-state index contributed by atoms with van der Waals surface area (Å²) >= 11 is 0. The Kier molecular flexibility index (Phi) is 5.50. The van der Waals surface area contributed by atoms with Gasteiger partial charge in [-0.05, 0) is 31.6 Å². The lowest BCUT2D eigenvalue weighted by molar-refractivity contribution is -0.0291. The maximum atomic E-state index is 10.9. The third-order valence-electron chi connectivity index (χ3n) is 5.48. The maximum absolute atomic E-state index is 10.9. The summed E-state index contributed by atoms with van der Waals surface area (Å²) in [4.78, 5) is 0. The zero-order valence-corrected chi connectivity index (χ0v) is 11.9. The molecule has 1 atom stereocenters. The predicted molar refractivity (Wildman–Crippen MR) is 76.4 cm³/mol. The maximum Gasteiger partial charge on any atom is 0.0636 e. The highest BCUT2D eigenvalue weighted by atomic mass is 16.3. The van der Waals surface area contributed by atoms with Gasteiger partial charge in [0.05, 0.1) is 6.10 Å². The molecule has 2 fully saturated rings. The van der Waals surface area contributed by atoms with Gasteiger partial charge in [-0.1, -0.05) is 51.4 Å². The van der Waals surface area contributed by atoms with Crippen molar-refractivity contribution in [1.29, 1.82) is 0 Å². The molecule has 0 radical (unpaired) electrons. The summed E-state index contributed by atoms with van der Waals surface area (Å²) in [5.74, 6) is 0.522. The molecule has 18 heavy (non-hydrogen) atoms. The average molecular weight is 253 g/mol. The van der Waals surface area contributed by atoms with Gasteiger partial charge < -0.3 is 10.8 Å². The SMILES string of the molecule is NCC1(C(O)C2CCCCCC2)CCCCCC1. The summed E-state index contributed by atoms with van der Waals surface area (Å²) < 4.78 is 0. The largest absolute Gasteiger partial charge is 0.392 e. The first-order valence-corrected chi connectivity index (χ1v) is 8.17. The summed E-state index contributed by atoms with van der Waals surface area (Å²) in [5.41, 5.74) is 6.14. The minimum atomic E-state index is -0.140. The molecule has 0 aliphatic heterocycles. The highest BCUT2D eigenvalue weighted by molar-refractivity contribution is 4.92. The molecule has 2 rings (SSSR count). The van der Waals surface area contributed by atoms with Crippen molar-refractivity contribution < 1.29 is 5.11 Å². The molecule has 0 aromatic heterocycles. The molecule has 2 heteroatoms. The first kappa shape index (κ1) is 14.3. The van der Waals surface area contributed by atoms with Crippen molar-refractivity contribution in [1.82, 2.24) is 0 Å². The van der Waals surface area contributed by atoms with Crippen LogP contribution in [0.2, 0.25) is 0 Å². The number of hydrogen-bond acceptors (Lipinski definition) is 2. The molecule has 3 N–H and O–H groups in total. The number of rotatable bonds is 3. The Labute approximate surface area is 112 Å². The number of aliphatic hydroxyl groups is 1. The number of nitrogens with two attached hydrogens (primary N) is 1. The van der Waals surface area contributed by atoms with Gasteiger partial charge in [0, 0.05) is 12.0 Å². The molecule has 1 unspecified atom stereocenters. The van der Waals surface area contributed by atoms with Gasteiger partial charge in [-0.2, -0.15) is 0 Å². The monoisotopic (exact) mass is 253 g/mol. The van der Waals surface area contributed by atoms with Crippen molar-refractivity contribution in [3.8, 4) is 0 Å². The summed E-state index contributed by atoms with van der Waals surface area (Å²) in [5, 5.41) is 10.9. The third kappa shape index (κ3) is 3.27. The Balaban J connectivity index is 2.04. The molecule has 0 amide bonds. The van der Waals surface area contributed by atoms with E-state index < -0.39 is 0 Å². The van der Waals surface area contributed by atoms with Crippen molar-refractivity contribution in [3.05, 3.63) is 0 Å². The Morgan fingerprint density at radius 2 is 1.39 bits per heavy atom. The van der Waals surface area contributed by atoms with Crippen LogP contribution in [-0.2, 0) is 0 Å². The lowest BCUT2D eigenvalue weighted by atomic mass is 9.69. The van der Waals surface area contributed by atoms with Gasteiger partial charge in [-0.3, -0.25) is 0 Å². The van der Waals surface area contributed by atoms with E-state index in [1.165, 1.54) is 64.2 Å². The quantitative estimate of drug-likeness (QED) is 0.755. The molecule has 2 nitrogen and oxygen atoms in total. The van der Waals surface area contributed by atoms with E-state index in [0.717, 1.165) is 12.8 Å². The number of hydrogen-bond donors (Lipinski definition) is 2. The van der Waals surface area contributed by atoms with Crippen LogP contribution < -0.4 is 5.73 Å². The second-order valence-electron chi connectivity index (χ2n) is 6.68. The molecule has 106 valence electrons. The summed E-state index contributed by atoms with van der Waals surface area (Å²) in [6.45, 7) is 0.685. The fourth-order valence-corrected chi connectivity index (χ4v) is 4.18. The van der Waals surface area contributed by atoms with Gasteiger partial charge >= 0.3 is 0 Å². The first-order valence-electron chi connectivity index (χ1n) is 8.17. The van der Waals surface area contributed by atoms with E-state index in [1.807, 2.05) is 0 Å². The lowest BCUT2D eigenvalue weighted by Gasteiger charge is -2.40. The van der Waals surface area contributed by atoms with Gasteiger partial charge in [-0.25, -0.2) is 0 Å². The predicted octanol–water partition coefficient (Wildman–Crippen LogP) is 3.62. The second-order valence-corrected chi connectivity index (χ2v) is 6.68. The molecule has 0 bridgehead atoms. The van der Waals surface area contributed by atoms with E-state index in [1.54, 1.807) is 0 Å². The molecule has 0 aromatic rings. The van der Waals surface area contributed by atoms with Crippen molar-refractivity contribution in [2.75, 3.05) is 6.54 Å². The molecule has 0 aromatic carbocycles.